The Morgan fingerprint density at radius 1 is 1.70 bits per heavy atom. The maximum absolute atomic E-state index is 10.1. The molecule has 4 nitrogen and oxygen atoms in total. The first kappa shape index (κ1) is 7.50. The van der Waals surface area contributed by atoms with Crippen LogP contribution in [0, 0.1) is 0 Å². The number of rotatable bonds is 3. The molecular formula is C6H12N2O2. The Morgan fingerprint density at radius 2 is 2.50 bits per heavy atom. The Labute approximate surface area is 59.6 Å². The van der Waals surface area contributed by atoms with Crippen LogP contribution >= 0.6 is 0 Å². The molecule has 1 aliphatic rings. The molecule has 1 rings (SSSR count). The minimum absolute atomic E-state index is 0.263. The van der Waals surface area contributed by atoms with Crippen LogP contribution in [0.4, 0.5) is 0 Å². The van der Waals surface area contributed by atoms with E-state index in [1.54, 1.807) is 0 Å². The lowest BCUT2D eigenvalue weighted by atomic mass is 10.2. The minimum Gasteiger partial charge on any atom is -0.481 e. The lowest BCUT2D eigenvalue weighted by molar-refractivity contribution is -0.137. The summed E-state index contributed by atoms with van der Waals surface area (Å²) in [7, 11) is 0. The molecule has 0 aromatic heterocycles. The van der Waals surface area contributed by atoms with Crippen LogP contribution in [0.5, 0.6) is 0 Å². The summed E-state index contributed by atoms with van der Waals surface area (Å²) in [5.74, 6) is -0.714. The first-order valence-corrected chi connectivity index (χ1v) is 3.45. The largest absolute Gasteiger partial charge is 0.481 e. The lowest BCUT2D eigenvalue weighted by Gasteiger charge is -2.04. The van der Waals surface area contributed by atoms with Crippen LogP contribution in [0.1, 0.15) is 12.8 Å². The zero-order chi connectivity index (χ0) is 7.40. The molecule has 1 aliphatic heterocycles. The van der Waals surface area contributed by atoms with E-state index in [2.05, 4.69) is 10.6 Å². The summed E-state index contributed by atoms with van der Waals surface area (Å²) >= 11 is 0. The van der Waals surface area contributed by atoms with Gasteiger partial charge in [0.2, 0.25) is 0 Å². The van der Waals surface area contributed by atoms with E-state index in [-0.39, 0.29) is 6.42 Å². The van der Waals surface area contributed by atoms with Crippen LogP contribution in [0.15, 0.2) is 0 Å². The molecule has 0 radical (unpaired) electrons. The predicted molar refractivity (Wildman–Crippen MR) is 36.7 cm³/mol. The zero-order valence-corrected chi connectivity index (χ0v) is 5.76. The molecule has 0 aromatic carbocycles. The number of hydrogen-bond donors (Lipinski definition) is 3. The second-order valence-electron chi connectivity index (χ2n) is 2.46. The van der Waals surface area contributed by atoms with Crippen molar-refractivity contribution in [3.8, 4) is 0 Å². The van der Waals surface area contributed by atoms with E-state index >= 15 is 0 Å². The molecule has 4 heteroatoms. The van der Waals surface area contributed by atoms with Gasteiger partial charge in [0.05, 0.1) is 0 Å². The molecule has 3 N–H and O–H groups in total. The van der Waals surface area contributed by atoms with E-state index in [1.165, 1.54) is 0 Å². The third kappa shape index (κ3) is 2.33. The second kappa shape index (κ2) is 3.53. The van der Waals surface area contributed by atoms with E-state index in [0.29, 0.717) is 6.04 Å². The summed E-state index contributed by atoms with van der Waals surface area (Å²) < 4.78 is 0. The molecule has 0 amide bonds. The fraction of sp³-hybridized carbons (Fsp3) is 0.833. The van der Waals surface area contributed by atoms with E-state index in [1.807, 2.05) is 0 Å². The maximum Gasteiger partial charge on any atom is 0.303 e. The molecule has 0 aromatic rings. The zero-order valence-electron chi connectivity index (χ0n) is 5.76. The van der Waals surface area contributed by atoms with Gasteiger partial charge in [0.1, 0.15) is 0 Å². The fourth-order valence-electron chi connectivity index (χ4n) is 1.04. The Hall–Kier alpha value is -0.610. The summed E-state index contributed by atoms with van der Waals surface area (Å²) in [6.07, 6.45) is 0.988. The first-order valence-electron chi connectivity index (χ1n) is 3.45. The predicted octanol–water partition coefficient (Wildman–Crippen LogP) is -0.630. The van der Waals surface area contributed by atoms with Crippen LogP contribution < -0.4 is 10.6 Å². The van der Waals surface area contributed by atoms with Crippen LogP contribution in [-0.2, 0) is 4.79 Å². The quantitative estimate of drug-likeness (QED) is 0.493. The van der Waals surface area contributed by atoms with Crippen LogP contribution in [0.25, 0.3) is 0 Å². The topological polar surface area (TPSA) is 61.4 Å². The van der Waals surface area contributed by atoms with Gasteiger partial charge in [-0.3, -0.25) is 4.79 Å². The highest BCUT2D eigenvalue weighted by Gasteiger charge is 2.13. The average molecular weight is 144 g/mol. The molecular weight excluding hydrogens is 132 g/mol. The lowest BCUT2D eigenvalue weighted by Crippen LogP contribution is -2.24. The van der Waals surface area contributed by atoms with Crippen molar-refractivity contribution in [1.82, 2.24) is 10.6 Å². The van der Waals surface area contributed by atoms with Crippen molar-refractivity contribution in [2.24, 2.45) is 0 Å². The van der Waals surface area contributed by atoms with E-state index < -0.39 is 5.97 Å². The SMILES string of the molecule is O=C(O)CC[C@@H]1CNCN1. The van der Waals surface area contributed by atoms with Gasteiger partial charge in [0.15, 0.2) is 0 Å². The van der Waals surface area contributed by atoms with E-state index in [4.69, 9.17) is 5.11 Å². The minimum atomic E-state index is -0.714. The van der Waals surface area contributed by atoms with Gasteiger partial charge in [-0.25, -0.2) is 0 Å². The van der Waals surface area contributed by atoms with Crippen LogP contribution in [0.2, 0.25) is 0 Å². The monoisotopic (exact) mass is 144 g/mol. The Kier molecular flexibility index (Phi) is 2.65. The molecule has 0 bridgehead atoms. The van der Waals surface area contributed by atoms with Gasteiger partial charge in [0.25, 0.3) is 0 Å². The second-order valence-corrected chi connectivity index (χ2v) is 2.46. The molecule has 1 saturated heterocycles. The maximum atomic E-state index is 10.1. The van der Waals surface area contributed by atoms with Gasteiger partial charge < -0.3 is 15.7 Å². The standard InChI is InChI=1S/C6H12N2O2/c9-6(10)2-1-5-3-7-4-8-5/h5,7-8H,1-4H2,(H,9,10)/t5-/m1/s1. The van der Waals surface area contributed by atoms with Gasteiger partial charge in [-0.2, -0.15) is 0 Å². The van der Waals surface area contributed by atoms with Crippen molar-refractivity contribution >= 4 is 5.97 Å². The Morgan fingerprint density at radius 3 is 3.00 bits per heavy atom. The van der Waals surface area contributed by atoms with Crippen molar-refractivity contribution in [2.45, 2.75) is 18.9 Å². The number of nitrogens with one attached hydrogen (secondary N) is 2. The number of carbonyl (C=O) groups is 1. The summed E-state index contributed by atoms with van der Waals surface area (Å²) in [5.41, 5.74) is 0. The third-order valence-electron chi connectivity index (χ3n) is 1.61. The van der Waals surface area contributed by atoms with E-state index in [9.17, 15) is 4.79 Å². The number of hydrogen-bond acceptors (Lipinski definition) is 3. The van der Waals surface area contributed by atoms with Crippen molar-refractivity contribution < 1.29 is 9.90 Å². The smallest absolute Gasteiger partial charge is 0.303 e. The van der Waals surface area contributed by atoms with Gasteiger partial charge in [0, 0.05) is 25.7 Å². The normalized spacial score (nSPS) is 25.0. The summed E-state index contributed by atoms with van der Waals surface area (Å²) in [6, 6.07) is 0.357. The summed E-state index contributed by atoms with van der Waals surface area (Å²) in [6.45, 7) is 1.71. The van der Waals surface area contributed by atoms with Gasteiger partial charge >= 0.3 is 5.97 Å². The van der Waals surface area contributed by atoms with Crippen molar-refractivity contribution in [3.63, 3.8) is 0 Å². The van der Waals surface area contributed by atoms with E-state index in [0.717, 1.165) is 19.6 Å². The van der Waals surface area contributed by atoms with Gasteiger partial charge in [-0.15, -0.1) is 0 Å². The molecule has 0 aliphatic carbocycles. The molecule has 0 saturated carbocycles. The van der Waals surface area contributed by atoms with Crippen molar-refractivity contribution in [2.75, 3.05) is 13.2 Å². The first-order chi connectivity index (χ1) is 4.79. The molecule has 0 unspecified atom stereocenters. The number of aliphatic carboxylic acids is 1. The fourth-order valence-corrected chi connectivity index (χ4v) is 1.04. The number of carboxylic acid groups (broad SMARTS) is 1. The molecule has 1 heterocycles. The van der Waals surface area contributed by atoms with Gasteiger partial charge in [-0.1, -0.05) is 0 Å². The van der Waals surface area contributed by atoms with Crippen LogP contribution in [-0.4, -0.2) is 30.3 Å². The molecule has 1 atom stereocenters. The average Bonchev–Trinajstić information content (AvgIpc) is 2.34. The highest BCUT2D eigenvalue weighted by atomic mass is 16.4. The highest BCUT2D eigenvalue weighted by Crippen LogP contribution is 1.98. The Balaban J connectivity index is 2.07. The molecule has 58 valence electrons. The summed E-state index contributed by atoms with van der Waals surface area (Å²) in [5, 5.41) is 14.6. The molecule has 0 spiro atoms. The molecule has 1 fully saturated rings. The van der Waals surface area contributed by atoms with Crippen LogP contribution in [0.3, 0.4) is 0 Å². The highest BCUT2D eigenvalue weighted by molar-refractivity contribution is 5.66. The van der Waals surface area contributed by atoms with Crippen molar-refractivity contribution in [3.05, 3.63) is 0 Å². The van der Waals surface area contributed by atoms with Crippen molar-refractivity contribution in [1.29, 1.82) is 0 Å². The number of carboxylic acids is 1. The Bertz CT molecular complexity index is 121. The summed E-state index contributed by atoms with van der Waals surface area (Å²) in [4.78, 5) is 10.1. The molecule has 10 heavy (non-hydrogen) atoms. The third-order valence-corrected chi connectivity index (χ3v) is 1.61. The van der Waals surface area contributed by atoms with Gasteiger partial charge in [-0.05, 0) is 6.42 Å².